The minimum absolute atomic E-state index is 0.0670. The molecule has 1 aliphatic rings. The molecule has 0 bridgehead atoms. The van der Waals surface area contributed by atoms with Crippen LogP contribution >= 0.6 is 0 Å². The van der Waals surface area contributed by atoms with Crippen molar-refractivity contribution in [2.24, 2.45) is 11.3 Å². The molecule has 0 radical (unpaired) electrons. The predicted molar refractivity (Wildman–Crippen MR) is 228 cm³/mol. The lowest BCUT2D eigenvalue weighted by Crippen LogP contribution is -2.45. The Kier molecular flexibility index (Phi) is 17.7. The lowest BCUT2D eigenvalue weighted by Gasteiger charge is -2.31. The van der Waals surface area contributed by atoms with Gasteiger partial charge >= 0.3 is 23.9 Å². The Bertz CT molecular complexity index is 2020. The number of hydrogen-bond acceptors (Lipinski definition) is 11. The molecule has 3 aromatic carbocycles. The smallest absolute Gasteiger partial charge is 0.374 e. The molecule has 61 heavy (non-hydrogen) atoms. The van der Waals surface area contributed by atoms with E-state index in [0.717, 1.165) is 38.2 Å². The molecule has 0 spiro atoms. The minimum atomic E-state index is -1.56. The Balaban J connectivity index is 1.59. The van der Waals surface area contributed by atoms with Gasteiger partial charge in [-0.05, 0) is 103 Å². The summed E-state index contributed by atoms with van der Waals surface area (Å²) >= 11 is 0. The molecule has 0 amide bonds. The van der Waals surface area contributed by atoms with Crippen molar-refractivity contribution >= 4 is 35.4 Å². The van der Waals surface area contributed by atoms with E-state index >= 15 is 4.39 Å². The molecule has 4 rings (SSSR count). The third-order valence-electron chi connectivity index (χ3n) is 10.8. The van der Waals surface area contributed by atoms with Crippen molar-refractivity contribution < 1.29 is 56.8 Å². The number of halogens is 1. The molecule has 0 N–H and O–H groups in total. The summed E-state index contributed by atoms with van der Waals surface area (Å²) in [5.74, 6) is -4.44. The monoisotopic (exact) mass is 840 g/mol. The number of ketones is 2. The van der Waals surface area contributed by atoms with Crippen LogP contribution in [0.5, 0.6) is 5.75 Å². The van der Waals surface area contributed by atoms with Crippen LogP contribution in [0.4, 0.5) is 4.39 Å². The van der Waals surface area contributed by atoms with Crippen LogP contribution in [-0.4, -0.2) is 61.9 Å². The van der Waals surface area contributed by atoms with Gasteiger partial charge in [-0.2, -0.15) is 0 Å². The number of carbonyl (C=O) groups excluding carboxylic acids is 6. The summed E-state index contributed by atoms with van der Waals surface area (Å²) in [6.45, 7) is 12.3. The van der Waals surface area contributed by atoms with Gasteiger partial charge < -0.3 is 23.7 Å². The van der Waals surface area contributed by atoms with Crippen molar-refractivity contribution in [1.82, 2.24) is 0 Å². The summed E-state index contributed by atoms with van der Waals surface area (Å²) in [5, 5.41) is 0. The molecular weight excluding hydrogens is 784 g/mol. The molecular formula is C49H57FO11. The predicted octanol–water partition coefficient (Wildman–Crippen LogP) is 9.38. The second kappa shape index (κ2) is 22.6. The first-order valence-corrected chi connectivity index (χ1v) is 20.7. The van der Waals surface area contributed by atoms with Crippen LogP contribution < -0.4 is 4.74 Å². The van der Waals surface area contributed by atoms with E-state index in [9.17, 15) is 28.8 Å². The largest absolute Gasteiger partial charge is 0.493 e. The number of esters is 4. The number of carbonyl (C=O) groups is 6. The Labute approximate surface area is 357 Å². The number of unbranched alkanes of at least 4 members (excludes halogenated alkanes) is 2. The molecule has 0 heterocycles. The Morgan fingerprint density at radius 3 is 1.72 bits per heavy atom. The van der Waals surface area contributed by atoms with Gasteiger partial charge in [0.25, 0.3) is 0 Å². The van der Waals surface area contributed by atoms with Crippen molar-refractivity contribution in [1.29, 1.82) is 0 Å². The van der Waals surface area contributed by atoms with E-state index in [1.54, 1.807) is 43.3 Å². The van der Waals surface area contributed by atoms with Crippen molar-refractivity contribution in [3.8, 4) is 28.0 Å². The molecule has 326 valence electrons. The van der Waals surface area contributed by atoms with Gasteiger partial charge in [-0.15, -0.1) is 0 Å². The van der Waals surface area contributed by atoms with Gasteiger partial charge in [-0.1, -0.05) is 82.2 Å². The van der Waals surface area contributed by atoms with E-state index in [1.165, 1.54) is 45.4 Å². The topological polar surface area (TPSA) is 149 Å². The lowest BCUT2D eigenvalue weighted by atomic mass is 9.77. The molecule has 1 saturated carbocycles. The zero-order valence-electron chi connectivity index (χ0n) is 35.9. The average molecular weight is 841 g/mol. The highest BCUT2D eigenvalue weighted by molar-refractivity contribution is 6.32. The first-order valence-electron chi connectivity index (χ1n) is 20.7. The molecule has 0 aromatic heterocycles. The minimum Gasteiger partial charge on any atom is -0.493 e. The Morgan fingerprint density at radius 1 is 0.639 bits per heavy atom. The maximum atomic E-state index is 15.9. The van der Waals surface area contributed by atoms with E-state index in [2.05, 4.69) is 20.1 Å². The van der Waals surface area contributed by atoms with Gasteiger partial charge in [0.05, 0.1) is 0 Å². The van der Waals surface area contributed by atoms with Gasteiger partial charge in [0.1, 0.15) is 50.0 Å². The van der Waals surface area contributed by atoms with Crippen LogP contribution in [0.2, 0.25) is 0 Å². The summed E-state index contributed by atoms with van der Waals surface area (Å²) in [5.41, 5.74) is 2.82. The zero-order valence-corrected chi connectivity index (χ0v) is 35.9. The number of ether oxygens (including phenoxy) is 5. The fraction of sp³-hybridized carbons (Fsp3) is 0.429. The van der Waals surface area contributed by atoms with E-state index in [-0.39, 0.29) is 30.2 Å². The fourth-order valence-electron chi connectivity index (χ4n) is 7.12. The molecule has 1 fully saturated rings. The van der Waals surface area contributed by atoms with Crippen molar-refractivity contribution in [3.63, 3.8) is 0 Å². The standard InChI is InChI=1S/C49H57FO11/c1-8-9-10-11-35-12-14-36(15-13-35)38-18-23-43(44(50)25-38)39-19-22-42(40(24-39)26-57-45(53)31(2)3)37-16-20-41(21-17-37)58-27-49(28-59-46(54)32(4)5,29-60-47(55)33(6)51)30-61-48(56)34(7)52/h16-25,35-36H,2,4,8-15,26-30H2,1,3,5-7H3. The summed E-state index contributed by atoms with van der Waals surface area (Å²) in [4.78, 5) is 72.5. The number of benzene rings is 3. The molecule has 0 aliphatic heterocycles. The molecule has 1 aliphatic carbocycles. The molecule has 11 nitrogen and oxygen atoms in total. The summed E-state index contributed by atoms with van der Waals surface area (Å²) in [6, 6.07) is 17.7. The van der Waals surface area contributed by atoms with Crippen LogP contribution in [0.15, 0.2) is 85.0 Å². The average Bonchev–Trinajstić information content (AvgIpc) is 3.24. The number of Topliss-reactive ketones (excluding diaryl/α,β-unsaturated/α-hetero) is 2. The molecule has 0 saturated heterocycles. The van der Waals surface area contributed by atoms with E-state index in [4.69, 9.17) is 23.7 Å². The van der Waals surface area contributed by atoms with Crippen molar-refractivity contribution in [2.45, 2.75) is 98.5 Å². The molecule has 0 atom stereocenters. The highest BCUT2D eigenvalue weighted by atomic mass is 19.1. The van der Waals surface area contributed by atoms with Gasteiger partial charge in [-0.3, -0.25) is 9.59 Å². The highest BCUT2D eigenvalue weighted by Crippen LogP contribution is 2.39. The summed E-state index contributed by atoms with van der Waals surface area (Å²) < 4.78 is 43.2. The summed E-state index contributed by atoms with van der Waals surface area (Å²) in [7, 11) is 0. The maximum absolute atomic E-state index is 15.9. The second-order valence-corrected chi connectivity index (χ2v) is 16.1. The van der Waals surface area contributed by atoms with Crippen LogP contribution in [-0.2, 0) is 54.3 Å². The van der Waals surface area contributed by atoms with Crippen LogP contribution in [0.1, 0.15) is 103 Å². The Morgan fingerprint density at radius 2 is 1.18 bits per heavy atom. The van der Waals surface area contributed by atoms with E-state index in [1.807, 2.05) is 24.3 Å². The SMILES string of the molecule is C=C(C)C(=O)OCc1cc(-c2ccc(C3CCC(CCCCC)CC3)cc2F)ccc1-c1ccc(OCC(COC(=O)C(=C)C)(COC(=O)C(C)=O)COC(=O)C(C)=O)cc1. The first-order chi connectivity index (χ1) is 29.0. The van der Waals surface area contributed by atoms with Gasteiger partial charge in [0, 0.05) is 30.6 Å². The second-order valence-electron chi connectivity index (χ2n) is 16.1. The molecule has 0 unspecified atom stereocenters. The maximum Gasteiger partial charge on any atom is 0.374 e. The highest BCUT2D eigenvalue weighted by Gasteiger charge is 2.38. The fourth-order valence-corrected chi connectivity index (χ4v) is 7.12. The summed E-state index contributed by atoms with van der Waals surface area (Å²) in [6.07, 6.45) is 9.51. The van der Waals surface area contributed by atoms with Gasteiger partial charge in [0.15, 0.2) is 0 Å². The number of hydrogen-bond donors (Lipinski definition) is 0. The zero-order chi connectivity index (χ0) is 44.7. The molecule has 12 heteroatoms. The Hall–Kier alpha value is -5.91. The van der Waals surface area contributed by atoms with E-state index < -0.39 is 60.7 Å². The third kappa shape index (κ3) is 14.1. The van der Waals surface area contributed by atoms with Gasteiger partial charge in [0.2, 0.25) is 11.6 Å². The molecule has 3 aromatic rings. The van der Waals surface area contributed by atoms with Crippen molar-refractivity contribution in [3.05, 3.63) is 102 Å². The van der Waals surface area contributed by atoms with Crippen molar-refractivity contribution in [2.75, 3.05) is 26.4 Å². The normalized spacial score (nSPS) is 14.9. The quantitative estimate of drug-likeness (QED) is 0.0313. The third-order valence-corrected chi connectivity index (χ3v) is 10.8. The van der Waals surface area contributed by atoms with E-state index in [0.29, 0.717) is 39.5 Å². The first kappa shape index (κ1) is 47.8. The lowest BCUT2D eigenvalue weighted by molar-refractivity contribution is -0.168. The van der Waals surface area contributed by atoms with Crippen LogP contribution in [0.25, 0.3) is 22.3 Å². The van der Waals surface area contributed by atoms with Gasteiger partial charge in [-0.25, -0.2) is 23.6 Å². The number of rotatable bonds is 22. The van der Waals surface area contributed by atoms with Crippen LogP contribution in [0, 0.1) is 17.2 Å². The van der Waals surface area contributed by atoms with Crippen LogP contribution in [0.3, 0.4) is 0 Å².